The highest BCUT2D eigenvalue weighted by atomic mass is 32.2. The smallest absolute Gasteiger partial charge is 0.339 e. The van der Waals surface area contributed by atoms with E-state index in [0.29, 0.717) is 18.1 Å². The molecule has 4 aromatic carbocycles. The largest absolute Gasteiger partial charge is 0.490 e. The first-order chi connectivity index (χ1) is 16.5. The van der Waals surface area contributed by atoms with Gasteiger partial charge in [-0.1, -0.05) is 36.4 Å². The van der Waals surface area contributed by atoms with E-state index in [1.807, 2.05) is 61.5 Å². The van der Waals surface area contributed by atoms with Crippen LogP contribution in [0.3, 0.4) is 0 Å². The van der Waals surface area contributed by atoms with Gasteiger partial charge in [-0.15, -0.1) is 0 Å². The second kappa shape index (κ2) is 10.7. The van der Waals surface area contributed by atoms with E-state index in [1.165, 1.54) is 12.1 Å². The second-order valence-corrected chi connectivity index (χ2v) is 8.70. The highest BCUT2D eigenvalue weighted by Crippen LogP contribution is 2.31. The van der Waals surface area contributed by atoms with Crippen molar-refractivity contribution in [3.05, 3.63) is 109 Å². The Bertz CT molecular complexity index is 1350. The van der Waals surface area contributed by atoms with Crippen LogP contribution in [0.5, 0.6) is 23.0 Å². The van der Waals surface area contributed by atoms with Crippen LogP contribution in [0.1, 0.15) is 12.5 Å². The van der Waals surface area contributed by atoms with Gasteiger partial charge in [0.1, 0.15) is 16.4 Å². The Hall–Kier alpha value is -4.10. The fraction of sp³-hybridized carbons (Fsp3) is 0.0741. The summed E-state index contributed by atoms with van der Waals surface area (Å²) >= 11 is 0. The van der Waals surface area contributed by atoms with Crippen molar-refractivity contribution in [1.82, 2.24) is 0 Å². The maximum atomic E-state index is 12.6. The maximum Gasteiger partial charge on any atom is 0.339 e. The van der Waals surface area contributed by atoms with Crippen LogP contribution in [0, 0.1) is 0 Å². The Morgan fingerprint density at radius 2 is 1.41 bits per heavy atom. The normalized spacial score (nSPS) is 11.3. The molecule has 0 saturated heterocycles. The van der Waals surface area contributed by atoms with Crippen molar-refractivity contribution in [1.29, 1.82) is 0 Å². The summed E-state index contributed by atoms with van der Waals surface area (Å²) in [5.41, 5.74) is 1.47. The van der Waals surface area contributed by atoms with E-state index in [9.17, 15) is 8.42 Å². The number of ether oxygens (including phenoxy) is 2. The fourth-order valence-corrected chi connectivity index (χ4v) is 4.03. The van der Waals surface area contributed by atoms with Gasteiger partial charge in [-0.25, -0.2) is 0 Å². The molecule has 0 spiro atoms. The number of aliphatic imine (C=N–C) groups is 1. The molecule has 0 heterocycles. The summed E-state index contributed by atoms with van der Waals surface area (Å²) in [5.74, 6) is 1.91. The van der Waals surface area contributed by atoms with Crippen molar-refractivity contribution in [3.63, 3.8) is 0 Å². The Morgan fingerprint density at radius 3 is 2.09 bits per heavy atom. The molecule has 172 valence electrons. The average Bonchev–Trinajstić information content (AvgIpc) is 2.86. The number of rotatable bonds is 9. The predicted molar refractivity (Wildman–Crippen MR) is 132 cm³/mol. The van der Waals surface area contributed by atoms with Gasteiger partial charge >= 0.3 is 10.1 Å². The predicted octanol–water partition coefficient (Wildman–Crippen LogP) is 6.40. The van der Waals surface area contributed by atoms with Crippen LogP contribution >= 0.6 is 0 Å². The second-order valence-electron chi connectivity index (χ2n) is 7.16. The zero-order valence-corrected chi connectivity index (χ0v) is 19.3. The van der Waals surface area contributed by atoms with Gasteiger partial charge in [-0.05, 0) is 79.2 Å². The minimum absolute atomic E-state index is 0.0720. The third kappa shape index (κ3) is 6.02. The maximum absolute atomic E-state index is 12.6. The van der Waals surface area contributed by atoms with E-state index in [2.05, 4.69) is 4.99 Å². The highest BCUT2D eigenvalue weighted by molar-refractivity contribution is 7.87. The Morgan fingerprint density at radius 1 is 0.765 bits per heavy atom. The molecule has 6 nitrogen and oxygen atoms in total. The van der Waals surface area contributed by atoms with E-state index < -0.39 is 10.1 Å². The van der Waals surface area contributed by atoms with Crippen LogP contribution in [0.2, 0.25) is 0 Å². The van der Waals surface area contributed by atoms with E-state index in [-0.39, 0.29) is 10.6 Å². The minimum atomic E-state index is -3.97. The number of para-hydroxylation sites is 1. The lowest BCUT2D eigenvalue weighted by Crippen LogP contribution is -2.10. The average molecular weight is 474 g/mol. The van der Waals surface area contributed by atoms with E-state index in [1.54, 1.807) is 42.6 Å². The molecule has 0 N–H and O–H groups in total. The monoisotopic (exact) mass is 473 g/mol. The van der Waals surface area contributed by atoms with Crippen LogP contribution in [0.15, 0.2) is 113 Å². The summed E-state index contributed by atoms with van der Waals surface area (Å²) in [7, 11) is -3.97. The molecule has 0 aliphatic heterocycles. The van der Waals surface area contributed by atoms with Crippen molar-refractivity contribution < 1.29 is 22.1 Å². The number of nitrogens with zero attached hydrogens (tertiary/aromatic N) is 1. The van der Waals surface area contributed by atoms with E-state index in [4.69, 9.17) is 13.7 Å². The molecule has 34 heavy (non-hydrogen) atoms. The summed E-state index contributed by atoms with van der Waals surface area (Å²) < 4.78 is 41.9. The van der Waals surface area contributed by atoms with Crippen molar-refractivity contribution >= 4 is 22.0 Å². The molecule has 0 fully saturated rings. The molecule has 0 atom stereocenters. The van der Waals surface area contributed by atoms with E-state index >= 15 is 0 Å². The molecule has 4 aromatic rings. The SMILES string of the molecule is CCOc1cc(C=Nc2ccc(Oc3ccccc3)cc2)ccc1OS(=O)(=O)c1ccccc1. The molecule has 0 unspecified atom stereocenters. The lowest BCUT2D eigenvalue weighted by atomic mass is 10.2. The number of hydrogen-bond donors (Lipinski definition) is 0. The highest BCUT2D eigenvalue weighted by Gasteiger charge is 2.19. The first kappa shape index (κ1) is 23.1. The van der Waals surface area contributed by atoms with E-state index in [0.717, 1.165) is 17.0 Å². The van der Waals surface area contributed by atoms with Gasteiger partial charge in [-0.2, -0.15) is 8.42 Å². The van der Waals surface area contributed by atoms with Gasteiger partial charge in [0, 0.05) is 6.21 Å². The lowest BCUT2D eigenvalue weighted by Gasteiger charge is -2.12. The molecule has 0 aliphatic carbocycles. The van der Waals surface area contributed by atoms with Gasteiger partial charge in [-0.3, -0.25) is 4.99 Å². The molecule has 4 rings (SSSR count). The Balaban J connectivity index is 1.48. The summed E-state index contributed by atoms with van der Waals surface area (Å²) in [6, 6.07) is 29.9. The molecule has 7 heteroatoms. The summed E-state index contributed by atoms with van der Waals surface area (Å²) in [5, 5.41) is 0. The molecule has 0 aliphatic rings. The number of benzene rings is 4. The lowest BCUT2D eigenvalue weighted by molar-refractivity contribution is 0.327. The Labute approximate surface area is 199 Å². The van der Waals surface area contributed by atoms with Crippen LogP contribution in [0.25, 0.3) is 0 Å². The summed E-state index contributed by atoms with van der Waals surface area (Å²) in [4.78, 5) is 4.55. The van der Waals surface area contributed by atoms with Gasteiger partial charge in [0.2, 0.25) is 0 Å². The summed E-state index contributed by atoms with van der Waals surface area (Å²) in [6.07, 6.45) is 1.67. The molecule has 0 amide bonds. The van der Waals surface area contributed by atoms with Crippen LogP contribution < -0.4 is 13.7 Å². The topological polar surface area (TPSA) is 74.2 Å². The first-order valence-corrected chi connectivity index (χ1v) is 12.1. The summed E-state index contributed by atoms with van der Waals surface area (Å²) in [6.45, 7) is 2.17. The van der Waals surface area contributed by atoms with Crippen LogP contribution in [0.4, 0.5) is 5.69 Å². The molecule has 0 radical (unpaired) electrons. The van der Waals surface area contributed by atoms with Crippen LogP contribution in [-0.4, -0.2) is 21.2 Å². The third-order valence-electron chi connectivity index (χ3n) is 4.68. The number of hydrogen-bond acceptors (Lipinski definition) is 6. The van der Waals surface area contributed by atoms with Gasteiger partial charge < -0.3 is 13.7 Å². The molecule has 0 saturated carbocycles. The Kier molecular flexibility index (Phi) is 7.25. The molecule has 0 aromatic heterocycles. The van der Waals surface area contributed by atoms with Gasteiger partial charge in [0.25, 0.3) is 0 Å². The minimum Gasteiger partial charge on any atom is -0.490 e. The standard InChI is InChI=1S/C27H23NO5S/c1-2-31-27-19-21(13-18-26(27)33-34(29,30)25-11-7-4-8-12-25)20-28-22-14-16-24(17-15-22)32-23-9-5-3-6-10-23/h3-20H,2H2,1H3. The van der Waals surface area contributed by atoms with Crippen molar-refractivity contribution in [3.8, 4) is 23.0 Å². The quantitative estimate of drug-likeness (QED) is 0.208. The molecule has 0 bridgehead atoms. The molecular formula is C27H23NO5S. The van der Waals surface area contributed by atoms with Gasteiger partial charge in [0.05, 0.1) is 12.3 Å². The van der Waals surface area contributed by atoms with Crippen molar-refractivity contribution in [2.24, 2.45) is 4.99 Å². The molecular weight excluding hydrogens is 450 g/mol. The van der Waals surface area contributed by atoms with Gasteiger partial charge in [0.15, 0.2) is 11.5 Å². The first-order valence-electron chi connectivity index (χ1n) is 10.7. The van der Waals surface area contributed by atoms with Crippen LogP contribution in [-0.2, 0) is 10.1 Å². The van der Waals surface area contributed by atoms with Crippen molar-refractivity contribution in [2.75, 3.05) is 6.61 Å². The zero-order valence-electron chi connectivity index (χ0n) is 18.5. The zero-order chi connectivity index (χ0) is 23.8. The third-order valence-corrected chi connectivity index (χ3v) is 5.93. The fourth-order valence-electron chi connectivity index (χ4n) is 3.07. The van der Waals surface area contributed by atoms with Crippen molar-refractivity contribution in [2.45, 2.75) is 11.8 Å².